The van der Waals surface area contributed by atoms with Gasteiger partial charge in [0.15, 0.2) is 5.82 Å². The normalized spacial score (nSPS) is 10.6. The average molecular weight is 281 g/mol. The van der Waals surface area contributed by atoms with Crippen LogP contribution in [-0.2, 0) is 6.54 Å². The number of carbonyl (C=O) groups excluding carboxylic acids is 1. The molecule has 2 aromatic rings. The lowest BCUT2D eigenvalue weighted by Crippen LogP contribution is -2.25. The number of rotatable bonds is 3. The summed E-state index contributed by atoms with van der Waals surface area (Å²) in [5, 5.41) is 6.21. The number of aryl methyl sites for hydroxylation is 2. The molecule has 1 heterocycles. The monoisotopic (exact) mass is 281 g/mol. The van der Waals surface area contributed by atoms with Crippen molar-refractivity contribution in [2.45, 2.75) is 20.4 Å². The maximum atomic E-state index is 13.7. The summed E-state index contributed by atoms with van der Waals surface area (Å²) in [6.45, 7) is 3.52. The molecule has 5 nitrogen and oxygen atoms in total. The van der Waals surface area contributed by atoms with E-state index in [2.05, 4.69) is 10.5 Å². The van der Waals surface area contributed by atoms with Crippen molar-refractivity contribution in [1.82, 2.24) is 10.5 Å². The molecule has 0 fully saturated rings. The summed E-state index contributed by atoms with van der Waals surface area (Å²) in [4.78, 5) is 11.9. The summed E-state index contributed by atoms with van der Waals surface area (Å²) in [5.41, 5.74) is 5.76. The van der Waals surface area contributed by atoms with Gasteiger partial charge in [0.05, 0.1) is 16.9 Å². The van der Waals surface area contributed by atoms with Crippen LogP contribution in [0.15, 0.2) is 16.7 Å². The predicted octanol–water partition coefficient (Wildman–Crippen LogP) is 2.08. The second kappa shape index (κ2) is 5.28. The number of benzene rings is 1. The molecule has 2 rings (SSSR count). The molecule has 1 aromatic heterocycles. The topological polar surface area (TPSA) is 81.2 Å². The van der Waals surface area contributed by atoms with Crippen molar-refractivity contribution >= 4 is 11.6 Å². The van der Waals surface area contributed by atoms with Gasteiger partial charge in [-0.05, 0) is 26.0 Å². The lowest BCUT2D eigenvalue weighted by Gasteiger charge is -2.07. The van der Waals surface area contributed by atoms with Crippen LogP contribution in [0.4, 0.5) is 14.5 Å². The van der Waals surface area contributed by atoms with Crippen molar-refractivity contribution < 1.29 is 18.1 Å². The third kappa shape index (κ3) is 2.61. The minimum Gasteiger partial charge on any atom is -0.396 e. The second-order valence-electron chi connectivity index (χ2n) is 4.34. The van der Waals surface area contributed by atoms with E-state index >= 15 is 0 Å². The van der Waals surface area contributed by atoms with E-state index in [1.54, 1.807) is 13.8 Å². The highest BCUT2D eigenvalue weighted by Gasteiger charge is 2.17. The molecule has 0 radical (unpaired) electrons. The fraction of sp³-hybridized carbons (Fsp3) is 0.231. The van der Waals surface area contributed by atoms with E-state index in [1.165, 1.54) is 0 Å². The first-order chi connectivity index (χ1) is 9.40. The highest BCUT2D eigenvalue weighted by molar-refractivity contribution is 5.95. The minimum absolute atomic E-state index is 0.107. The zero-order chi connectivity index (χ0) is 14.9. The van der Waals surface area contributed by atoms with Crippen LogP contribution in [-0.4, -0.2) is 11.1 Å². The number of hydrogen-bond donors (Lipinski definition) is 2. The number of hydrogen-bond acceptors (Lipinski definition) is 4. The summed E-state index contributed by atoms with van der Waals surface area (Å²) < 4.78 is 31.8. The lowest BCUT2D eigenvalue weighted by molar-refractivity contribution is 0.0946. The van der Waals surface area contributed by atoms with Gasteiger partial charge in [-0.1, -0.05) is 5.16 Å². The molecule has 0 atom stereocenters. The molecular weight excluding hydrogens is 268 g/mol. The van der Waals surface area contributed by atoms with E-state index in [0.717, 1.165) is 12.1 Å². The number of aromatic nitrogens is 1. The minimum atomic E-state index is -0.942. The van der Waals surface area contributed by atoms with E-state index in [9.17, 15) is 13.6 Å². The number of amides is 1. The number of nitrogens with two attached hydrogens (primary N) is 1. The van der Waals surface area contributed by atoms with Gasteiger partial charge in [0.2, 0.25) is 0 Å². The molecule has 106 valence electrons. The first-order valence-electron chi connectivity index (χ1n) is 5.84. The van der Waals surface area contributed by atoms with Gasteiger partial charge in [0.1, 0.15) is 11.6 Å². The Balaban J connectivity index is 2.17. The van der Waals surface area contributed by atoms with Crippen molar-refractivity contribution in [3.63, 3.8) is 0 Å². The zero-order valence-corrected chi connectivity index (χ0v) is 11.0. The zero-order valence-electron chi connectivity index (χ0n) is 11.0. The molecule has 0 saturated heterocycles. The van der Waals surface area contributed by atoms with Crippen LogP contribution in [0.1, 0.15) is 27.4 Å². The van der Waals surface area contributed by atoms with Crippen LogP contribution in [0.2, 0.25) is 0 Å². The quantitative estimate of drug-likeness (QED) is 0.844. The number of nitrogens with one attached hydrogen (secondary N) is 1. The number of anilines is 1. The van der Waals surface area contributed by atoms with Crippen LogP contribution < -0.4 is 11.1 Å². The standard InChI is InChI=1S/C13H13F2N3O2/c1-6-10(7(2)20-18-6)5-17-13(19)9-3-8(14)4-11(16)12(9)15/h3-4H,5,16H2,1-2H3,(H,17,19). The van der Waals surface area contributed by atoms with Gasteiger partial charge in [-0.2, -0.15) is 0 Å². The Morgan fingerprint density at radius 3 is 2.70 bits per heavy atom. The van der Waals surface area contributed by atoms with E-state index in [0.29, 0.717) is 17.0 Å². The third-order valence-electron chi connectivity index (χ3n) is 2.92. The highest BCUT2D eigenvalue weighted by atomic mass is 19.1. The highest BCUT2D eigenvalue weighted by Crippen LogP contribution is 2.18. The molecule has 20 heavy (non-hydrogen) atoms. The number of nitrogens with zero attached hydrogens (tertiary/aromatic N) is 1. The average Bonchev–Trinajstić information content (AvgIpc) is 2.70. The van der Waals surface area contributed by atoms with Crippen LogP contribution in [0, 0.1) is 25.5 Å². The molecule has 3 N–H and O–H groups in total. The fourth-order valence-corrected chi connectivity index (χ4v) is 1.79. The summed E-state index contributed by atoms with van der Waals surface area (Å²) in [6.07, 6.45) is 0. The van der Waals surface area contributed by atoms with Crippen molar-refractivity contribution in [2.75, 3.05) is 5.73 Å². The Hall–Kier alpha value is -2.44. The molecular formula is C13H13F2N3O2. The van der Waals surface area contributed by atoms with Gasteiger partial charge in [-0.3, -0.25) is 4.79 Å². The van der Waals surface area contributed by atoms with Gasteiger partial charge < -0.3 is 15.6 Å². The largest absolute Gasteiger partial charge is 0.396 e. The molecule has 0 aliphatic rings. The summed E-state index contributed by atoms with van der Waals surface area (Å²) in [7, 11) is 0. The SMILES string of the molecule is Cc1noc(C)c1CNC(=O)c1cc(F)cc(N)c1F. The molecule has 0 bridgehead atoms. The van der Waals surface area contributed by atoms with Gasteiger partial charge in [-0.25, -0.2) is 8.78 Å². The predicted molar refractivity (Wildman–Crippen MR) is 67.9 cm³/mol. The molecule has 0 unspecified atom stereocenters. The number of halogens is 2. The van der Waals surface area contributed by atoms with Gasteiger partial charge in [0.25, 0.3) is 5.91 Å². The molecule has 0 spiro atoms. The Bertz CT molecular complexity index is 648. The molecule has 1 aromatic carbocycles. The number of nitrogen functional groups attached to an aromatic ring is 1. The Labute approximate surface area is 113 Å². The summed E-state index contributed by atoms with van der Waals surface area (Å²) in [6, 6.07) is 1.62. The van der Waals surface area contributed by atoms with Gasteiger partial charge in [-0.15, -0.1) is 0 Å². The molecule has 0 aliphatic carbocycles. The van der Waals surface area contributed by atoms with E-state index in [1.807, 2.05) is 0 Å². The molecule has 0 saturated carbocycles. The van der Waals surface area contributed by atoms with Crippen molar-refractivity contribution in [3.8, 4) is 0 Å². The van der Waals surface area contributed by atoms with Crippen LogP contribution in [0.25, 0.3) is 0 Å². The summed E-state index contributed by atoms with van der Waals surface area (Å²) in [5.74, 6) is -1.91. The molecule has 0 aliphatic heterocycles. The first-order valence-corrected chi connectivity index (χ1v) is 5.84. The van der Waals surface area contributed by atoms with E-state index in [-0.39, 0.29) is 6.54 Å². The smallest absolute Gasteiger partial charge is 0.254 e. The Morgan fingerprint density at radius 1 is 1.40 bits per heavy atom. The Kier molecular flexibility index (Phi) is 3.69. The van der Waals surface area contributed by atoms with Crippen molar-refractivity contribution in [3.05, 3.63) is 46.3 Å². The maximum absolute atomic E-state index is 13.7. The van der Waals surface area contributed by atoms with Gasteiger partial charge in [0, 0.05) is 12.1 Å². The van der Waals surface area contributed by atoms with Crippen LogP contribution in [0.3, 0.4) is 0 Å². The van der Waals surface area contributed by atoms with Crippen LogP contribution in [0.5, 0.6) is 0 Å². The van der Waals surface area contributed by atoms with Crippen molar-refractivity contribution in [2.24, 2.45) is 0 Å². The molecule has 1 amide bonds. The summed E-state index contributed by atoms with van der Waals surface area (Å²) >= 11 is 0. The lowest BCUT2D eigenvalue weighted by atomic mass is 10.1. The maximum Gasteiger partial charge on any atom is 0.254 e. The molecule has 7 heteroatoms. The fourth-order valence-electron chi connectivity index (χ4n) is 1.79. The third-order valence-corrected chi connectivity index (χ3v) is 2.92. The van der Waals surface area contributed by atoms with E-state index in [4.69, 9.17) is 10.3 Å². The Morgan fingerprint density at radius 2 is 2.10 bits per heavy atom. The first kappa shape index (κ1) is 14.0. The van der Waals surface area contributed by atoms with Crippen molar-refractivity contribution in [1.29, 1.82) is 0 Å². The van der Waals surface area contributed by atoms with Gasteiger partial charge >= 0.3 is 0 Å². The second-order valence-corrected chi connectivity index (χ2v) is 4.34. The van der Waals surface area contributed by atoms with Crippen LogP contribution >= 0.6 is 0 Å². The number of carbonyl (C=O) groups is 1. The van der Waals surface area contributed by atoms with E-state index < -0.39 is 28.8 Å².